The summed E-state index contributed by atoms with van der Waals surface area (Å²) in [6, 6.07) is 0. The van der Waals surface area contributed by atoms with Crippen molar-refractivity contribution in [2.45, 2.75) is 12.5 Å². The van der Waals surface area contributed by atoms with Gasteiger partial charge in [-0.3, -0.25) is 14.9 Å². The summed E-state index contributed by atoms with van der Waals surface area (Å²) in [7, 11) is 2.62. The van der Waals surface area contributed by atoms with Gasteiger partial charge in [-0.05, 0) is 6.92 Å². The summed E-state index contributed by atoms with van der Waals surface area (Å²) in [6.45, 7) is 1.24. The van der Waals surface area contributed by atoms with Crippen LogP contribution < -0.4 is 5.32 Å². The highest BCUT2D eigenvalue weighted by atomic mass is 16.5. The van der Waals surface area contributed by atoms with E-state index in [-0.39, 0.29) is 13.2 Å². The molecule has 0 aliphatic carbocycles. The summed E-state index contributed by atoms with van der Waals surface area (Å²) >= 11 is 0. The number of methoxy groups -OCH3 is 2. The third kappa shape index (κ3) is 3.71. The van der Waals surface area contributed by atoms with Crippen LogP contribution >= 0.6 is 0 Å². The van der Waals surface area contributed by atoms with E-state index in [4.69, 9.17) is 9.84 Å². The van der Waals surface area contributed by atoms with E-state index >= 15 is 0 Å². The van der Waals surface area contributed by atoms with Crippen LogP contribution in [0.1, 0.15) is 6.92 Å². The number of hydrogen-bond acceptors (Lipinski definition) is 5. The molecule has 0 bridgehead atoms. The van der Waals surface area contributed by atoms with Gasteiger partial charge in [-0.25, -0.2) is 0 Å². The fourth-order valence-corrected chi connectivity index (χ4v) is 0.816. The third-order valence-corrected chi connectivity index (χ3v) is 1.76. The third-order valence-electron chi connectivity index (χ3n) is 1.76. The first-order valence-electron chi connectivity index (χ1n) is 4.00. The number of nitrogens with one attached hydrogen (secondary N) is 1. The molecule has 1 unspecified atom stereocenters. The molecule has 14 heavy (non-hydrogen) atoms. The van der Waals surface area contributed by atoms with Gasteiger partial charge in [0.05, 0.1) is 20.3 Å². The predicted octanol–water partition coefficient (Wildman–Crippen LogP) is -0.761. The Kier molecular flexibility index (Phi) is 5.11. The quantitative estimate of drug-likeness (QED) is 0.554. The summed E-state index contributed by atoms with van der Waals surface area (Å²) in [4.78, 5) is 21.6. The first-order valence-corrected chi connectivity index (χ1v) is 4.00. The lowest BCUT2D eigenvalue weighted by atomic mass is 10.0. The lowest BCUT2D eigenvalue weighted by molar-refractivity contribution is -0.147. The summed E-state index contributed by atoms with van der Waals surface area (Å²) < 4.78 is 9.11. The van der Waals surface area contributed by atoms with Gasteiger partial charge in [-0.1, -0.05) is 0 Å². The number of esters is 1. The minimum atomic E-state index is -1.27. The second-order valence-electron chi connectivity index (χ2n) is 3.00. The molecule has 0 spiro atoms. The van der Waals surface area contributed by atoms with Gasteiger partial charge >= 0.3 is 11.9 Å². The van der Waals surface area contributed by atoms with Crippen LogP contribution in [-0.2, 0) is 19.1 Å². The van der Waals surface area contributed by atoms with Gasteiger partial charge in [0.15, 0.2) is 0 Å². The van der Waals surface area contributed by atoms with Crippen LogP contribution in [0.5, 0.6) is 0 Å². The highest BCUT2D eigenvalue weighted by Crippen LogP contribution is 2.03. The summed E-state index contributed by atoms with van der Waals surface area (Å²) in [6.07, 6.45) is 0. The van der Waals surface area contributed by atoms with Crippen LogP contribution in [0.3, 0.4) is 0 Å². The second-order valence-corrected chi connectivity index (χ2v) is 3.00. The Hall–Kier alpha value is -1.14. The van der Waals surface area contributed by atoms with Crippen molar-refractivity contribution in [2.24, 2.45) is 0 Å². The number of aliphatic carboxylic acids is 1. The largest absolute Gasteiger partial charge is 0.480 e. The molecule has 0 amide bonds. The van der Waals surface area contributed by atoms with Gasteiger partial charge in [-0.2, -0.15) is 0 Å². The van der Waals surface area contributed by atoms with E-state index < -0.39 is 17.5 Å². The number of ether oxygens (including phenoxy) is 2. The summed E-state index contributed by atoms with van der Waals surface area (Å²) in [5.74, 6) is -1.60. The van der Waals surface area contributed by atoms with E-state index in [0.717, 1.165) is 0 Å². The van der Waals surface area contributed by atoms with Crippen molar-refractivity contribution in [2.75, 3.05) is 27.4 Å². The summed E-state index contributed by atoms with van der Waals surface area (Å²) in [5, 5.41) is 11.4. The highest BCUT2D eigenvalue weighted by molar-refractivity contribution is 5.80. The number of rotatable bonds is 6. The predicted molar refractivity (Wildman–Crippen MR) is 47.9 cm³/mol. The Morgan fingerprint density at radius 1 is 1.43 bits per heavy atom. The van der Waals surface area contributed by atoms with E-state index in [1.807, 2.05) is 0 Å². The molecule has 82 valence electrons. The lowest BCUT2D eigenvalue weighted by Crippen LogP contribution is -2.54. The lowest BCUT2D eigenvalue weighted by Gasteiger charge is -2.24. The van der Waals surface area contributed by atoms with Gasteiger partial charge in [0.2, 0.25) is 0 Å². The second kappa shape index (κ2) is 5.56. The minimum absolute atomic E-state index is 0.0284. The maximum atomic E-state index is 10.8. The van der Waals surface area contributed by atoms with Crippen molar-refractivity contribution in [3.63, 3.8) is 0 Å². The molecule has 0 rings (SSSR count). The molecule has 0 heterocycles. The zero-order valence-corrected chi connectivity index (χ0v) is 8.49. The molecular formula is C8H15NO5. The molecule has 0 saturated heterocycles. The topological polar surface area (TPSA) is 84.9 Å². The molecule has 0 aromatic rings. The van der Waals surface area contributed by atoms with E-state index in [1.165, 1.54) is 21.1 Å². The molecule has 6 heteroatoms. The van der Waals surface area contributed by atoms with Crippen molar-refractivity contribution in [1.29, 1.82) is 0 Å². The Labute approximate surface area is 82.2 Å². The minimum Gasteiger partial charge on any atom is -0.480 e. The van der Waals surface area contributed by atoms with Crippen LogP contribution in [0.2, 0.25) is 0 Å². The first-order chi connectivity index (χ1) is 6.46. The molecule has 0 aromatic heterocycles. The normalized spacial score (nSPS) is 14.5. The van der Waals surface area contributed by atoms with Crippen LogP contribution in [0, 0.1) is 0 Å². The average molecular weight is 205 g/mol. The fourth-order valence-electron chi connectivity index (χ4n) is 0.816. The summed E-state index contributed by atoms with van der Waals surface area (Å²) in [5.41, 5.74) is -1.27. The number of hydrogen-bond donors (Lipinski definition) is 2. The average Bonchev–Trinajstić information content (AvgIpc) is 2.14. The van der Waals surface area contributed by atoms with Crippen molar-refractivity contribution < 1.29 is 24.2 Å². The molecular weight excluding hydrogens is 190 g/mol. The monoisotopic (exact) mass is 205 g/mol. The van der Waals surface area contributed by atoms with Crippen LogP contribution in [0.25, 0.3) is 0 Å². The van der Waals surface area contributed by atoms with E-state index in [9.17, 15) is 9.59 Å². The first kappa shape index (κ1) is 12.9. The molecule has 0 radical (unpaired) electrons. The maximum Gasteiger partial charge on any atom is 0.326 e. The smallest absolute Gasteiger partial charge is 0.326 e. The van der Waals surface area contributed by atoms with E-state index in [2.05, 4.69) is 10.1 Å². The van der Waals surface area contributed by atoms with Crippen molar-refractivity contribution in [3.05, 3.63) is 0 Å². The zero-order valence-electron chi connectivity index (χ0n) is 8.49. The van der Waals surface area contributed by atoms with Gasteiger partial charge in [0.25, 0.3) is 0 Å². The highest BCUT2D eigenvalue weighted by Gasteiger charge is 2.33. The number of carbonyl (C=O) groups is 2. The molecule has 0 saturated carbocycles. The Morgan fingerprint density at radius 3 is 2.36 bits per heavy atom. The Balaban J connectivity index is 4.23. The molecule has 0 aliphatic heterocycles. The van der Waals surface area contributed by atoms with Crippen molar-refractivity contribution >= 4 is 11.9 Å². The number of carbonyl (C=O) groups excluding carboxylic acids is 1. The molecule has 0 aromatic carbocycles. The molecule has 6 nitrogen and oxygen atoms in total. The fraction of sp³-hybridized carbons (Fsp3) is 0.750. The molecule has 1 atom stereocenters. The Morgan fingerprint density at radius 2 is 2.00 bits per heavy atom. The van der Waals surface area contributed by atoms with Crippen molar-refractivity contribution in [3.8, 4) is 0 Å². The van der Waals surface area contributed by atoms with Crippen LogP contribution in [0.15, 0.2) is 0 Å². The van der Waals surface area contributed by atoms with Crippen molar-refractivity contribution in [1.82, 2.24) is 5.32 Å². The number of carboxylic acids is 1. The van der Waals surface area contributed by atoms with Crippen LogP contribution in [-0.4, -0.2) is 50.0 Å². The van der Waals surface area contributed by atoms with E-state index in [1.54, 1.807) is 0 Å². The van der Waals surface area contributed by atoms with Gasteiger partial charge in [0.1, 0.15) is 5.54 Å². The number of carboxylic acid groups (broad SMARTS) is 1. The Bertz CT molecular complexity index is 218. The van der Waals surface area contributed by atoms with Gasteiger partial charge in [0, 0.05) is 7.11 Å². The van der Waals surface area contributed by atoms with Crippen LogP contribution in [0.4, 0.5) is 0 Å². The zero-order chi connectivity index (χ0) is 11.2. The SMILES string of the molecule is COCC(C)(NCC(=O)OC)C(=O)O. The molecule has 0 aliphatic rings. The maximum absolute atomic E-state index is 10.8. The van der Waals surface area contributed by atoms with E-state index in [0.29, 0.717) is 0 Å². The van der Waals surface area contributed by atoms with Gasteiger partial charge < -0.3 is 14.6 Å². The molecule has 2 N–H and O–H groups in total. The molecule has 0 fully saturated rings. The standard InChI is InChI=1S/C8H15NO5/c1-8(5-13-2,7(11)12)9-4-6(10)14-3/h9H,4-5H2,1-3H3,(H,11,12). The van der Waals surface area contributed by atoms with Gasteiger partial charge in [-0.15, -0.1) is 0 Å².